The Balaban J connectivity index is 0.000000361. The maximum absolute atomic E-state index is 13.9. The normalized spacial score (nSPS) is 15.5. The lowest BCUT2D eigenvalue weighted by molar-refractivity contribution is -0.402. The van der Waals surface area contributed by atoms with Crippen LogP contribution in [0.1, 0.15) is 29.3 Å². The zero-order valence-corrected chi connectivity index (χ0v) is 10.8. The Bertz CT molecular complexity index is 704. The first-order valence-electron chi connectivity index (χ1n) is 6.04. The molecule has 0 saturated heterocycles. The molecule has 0 amide bonds. The van der Waals surface area contributed by atoms with Crippen LogP contribution < -0.4 is 0 Å². The topological polar surface area (TPSA) is 108 Å². The first kappa shape index (κ1) is 14.5. The Hall–Kier alpha value is -2.95. The molecule has 108 valence electrons. The Morgan fingerprint density at radius 3 is 2.81 bits per heavy atom. The Labute approximate surface area is 119 Å². The lowest BCUT2D eigenvalue weighted by Crippen LogP contribution is -2.06. The largest absolute Gasteiger partial charge is 0.356 e. The molecule has 0 radical (unpaired) electrons. The molecule has 1 aromatic carbocycles. The van der Waals surface area contributed by atoms with Crippen LogP contribution in [-0.2, 0) is 6.42 Å². The smallest absolute Gasteiger partial charge is 0.129 e. The molecule has 0 unspecified atom stereocenters. The summed E-state index contributed by atoms with van der Waals surface area (Å²) in [5, 5.41) is 23.5. The summed E-state index contributed by atoms with van der Waals surface area (Å²) in [7, 11) is 0. The van der Waals surface area contributed by atoms with Crippen molar-refractivity contribution in [1.29, 1.82) is 5.26 Å². The summed E-state index contributed by atoms with van der Waals surface area (Å²) in [4.78, 5) is 12.3. The van der Waals surface area contributed by atoms with E-state index in [4.69, 9.17) is 20.6 Å². The van der Waals surface area contributed by atoms with Gasteiger partial charge in [0.2, 0.25) is 0 Å². The number of imidazole rings is 1. The molecule has 3 rings (SSSR count). The van der Waals surface area contributed by atoms with Gasteiger partial charge in [-0.2, -0.15) is 5.26 Å². The number of hydrogen-bond donors (Lipinski definition) is 0. The van der Waals surface area contributed by atoms with Crippen LogP contribution in [0.2, 0.25) is 0 Å². The maximum atomic E-state index is 13.9. The maximum Gasteiger partial charge on any atom is 0.129 e. The van der Waals surface area contributed by atoms with E-state index in [1.54, 1.807) is 18.5 Å². The van der Waals surface area contributed by atoms with E-state index < -0.39 is 5.09 Å². The summed E-state index contributed by atoms with van der Waals surface area (Å²) >= 11 is 0. The van der Waals surface area contributed by atoms with Gasteiger partial charge in [0.1, 0.15) is 5.82 Å². The minimum absolute atomic E-state index is 0.0141. The molecule has 0 saturated carbocycles. The molecular weight excluding hydrogens is 279 g/mol. The second-order valence-corrected chi connectivity index (χ2v) is 4.42. The molecule has 0 bridgehead atoms. The number of benzene rings is 1. The minimum atomic E-state index is -1.75. The standard InChI is InChI=1S/C13H10FN3.NO3/c14-12-5-9(6-15)1-3-11(12)13-4-2-10-7-16-8-17(10)13;2-1(3)4/h1,3,5,7-8,13H,2,4H2;/q;-1/t13-;/m1./s1. The second-order valence-electron chi connectivity index (χ2n) is 4.42. The Morgan fingerprint density at radius 2 is 2.19 bits per heavy atom. The van der Waals surface area contributed by atoms with Crippen molar-refractivity contribution in [2.75, 3.05) is 0 Å². The van der Waals surface area contributed by atoms with Crippen molar-refractivity contribution in [2.24, 2.45) is 0 Å². The van der Waals surface area contributed by atoms with E-state index in [1.807, 2.05) is 16.8 Å². The molecular formula is C13H10FN4O3-. The third-order valence-corrected chi connectivity index (χ3v) is 3.24. The molecule has 7 nitrogen and oxygen atoms in total. The number of aromatic nitrogens is 2. The number of fused-ring (bicyclic) bond motifs is 1. The highest BCUT2D eigenvalue weighted by atomic mass is 19.1. The molecule has 1 aromatic heterocycles. The predicted molar refractivity (Wildman–Crippen MR) is 70.2 cm³/mol. The van der Waals surface area contributed by atoms with Crippen LogP contribution in [0.25, 0.3) is 0 Å². The number of nitrogens with zero attached hydrogens (tertiary/aromatic N) is 4. The monoisotopic (exact) mass is 289 g/mol. The zero-order chi connectivity index (χ0) is 15.4. The van der Waals surface area contributed by atoms with Gasteiger partial charge in [-0.25, -0.2) is 9.37 Å². The molecule has 1 atom stereocenters. The number of hydrogen-bond acceptors (Lipinski definition) is 5. The molecule has 8 heteroatoms. The fraction of sp³-hybridized carbons (Fsp3) is 0.231. The summed E-state index contributed by atoms with van der Waals surface area (Å²) in [6.07, 6.45) is 5.37. The summed E-state index contributed by atoms with van der Waals surface area (Å²) in [6.45, 7) is 0. The molecule has 1 aliphatic heterocycles. The molecule has 0 spiro atoms. The summed E-state index contributed by atoms with van der Waals surface area (Å²) < 4.78 is 15.9. The van der Waals surface area contributed by atoms with Crippen LogP contribution in [0, 0.1) is 32.5 Å². The van der Waals surface area contributed by atoms with Crippen LogP contribution in [0.5, 0.6) is 0 Å². The average molecular weight is 289 g/mol. The molecule has 0 aliphatic carbocycles. The highest BCUT2D eigenvalue weighted by Crippen LogP contribution is 2.32. The first-order chi connectivity index (χ1) is 10.0. The van der Waals surface area contributed by atoms with Gasteiger partial charge in [0.15, 0.2) is 0 Å². The second kappa shape index (κ2) is 6.00. The van der Waals surface area contributed by atoms with Crippen molar-refractivity contribution in [3.05, 3.63) is 68.7 Å². The van der Waals surface area contributed by atoms with Crippen molar-refractivity contribution in [3.63, 3.8) is 0 Å². The van der Waals surface area contributed by atoms with Gasteiger partial charge in [-0.15, -0.1) is 0 Å². The van der Waals surface area contributed by atoms with Gasteiger partial charge < -0.3 is 19.9 Å². The summed E-state index contributed by atoms with van der Waals surface area (Å²) in [5.74, 6) is -0.310. The fourth-order valence-corrected chi connectivity index (χ4v) is 2.40. The van der Waals surface area contributed by atoms with Crippen LogP contribution in [0.15, 0.2) is 30.7 Å². The van der Waals surface area contributed by atoms with Crippen molar-refractivity contribution >= 4 is 0 Å². The highest BCUT2D eigenvalue weighted by molar-refractivity contribution is 5.35. The minimum Gasteiger partial charge on any atom is -0.356 e. The van der Waals surface area contributed by atoms with E-state index in [0.717, 1.165) is 18.5 Å². The average Bonchev–Trinajstić information content (AvgIpc) is 3.01. The van der Waals surface area contributed by atoms with E-state index >= 15 is 0 Å². The number of rotatable bonds is 1. The summed E-state index contributed by atoms with van der Waals surface area (Å²) in [6, 6.07) is 6.61. The third-order valence-electron chi connectivity index (χ3n) is 3.24. The molecule has 2 aromatic rings. The van der Waals surface area contributed by atoms with Gasteiger partial charge in [-0.3, -0.25) is 0 Å². The van der Waals surface area contributed by atoms with E-state index in [0.29, 0.717) is 11.1 Å². The van der Waals surface area contributed by atoms with Gasteiger partial charge >= 0.3 is 0 Å². The summed E-state index contributed by atoms with van der Waals surface area (Å²) in [5.41, 5.74) is 2.13. The van der Waals surface area contributed by atoms with Gasteiger partial charge in [0.05, 0.1) is 29.1 Å². The molecule has 21 heavy (non-hydrogen) atoms. The number of halogens is 1. The van der Waals surface area contributed by atoms with Crippen LogP contribution >= 0.6 is 0 Å². The van der Waals surface area contributed by atoms with Crippen LogP contribution in [-0.4, -0.2) is 14.6 Å². The van der Waals surface area contributed by atoms with E-state index in [9.17, 15) is 4.39 Å². The number of aryl methyl sites for hydroxylation is 1. The fourth-order valence-electron chi connectivity index (χ4n) is 2.40. The highest BCUT2D eigenvalue weighted by Gasteiger charge is 2.25. The first-order valence-corrected chi connectivity index (χ1v) is 6.04. The predicted octanol–water partition coefficient (Wildman–Crippen LogP) is 2.19. The van der Waals surface area contributed by atoms with E-state index in [-0.39, 0.29) is 11.9 Å². The molecule has 0 N–H and O–H groups in total. The molecule has 2 heterocycles. The van der Waals surface area contributed by atoms with Gasteiger partial charge in [-0.05, 0) is 25.0 Å². The SMILES string of the molecule is N#Cc1ccc([C@H]2CCc3cncn32)c(F)c1.O=[N+]([O-])[O-]. The Morgan fingerprint density at radius 1 is 1.48 bits per heavy atom. The molecule has 0 fully saturated rings. The zero-order valence-electron chi connectivity index (χ0n) is 10.8. The van der Waals surface area contributed by atoms with E-state index in [1.165, 1.54) is 6.07 Å². The van der Waals surface area contributed by atoms with Gasteiger partial charge in [-0.1, -0.05) is 6.07 Å². The number of nitriles is 1. The lowest BCUT2D eigenvalue weighted by Gasteiger charge is -2.14. The quantitative estimate of drug-likeness (QED) is 0.590. The van der Waals surface area contributed by atoms with Crippen molar-refractivity contribution in [3.8, 4) is 6.07 Å². The van der Waals surface area contributed by atoms with E-state index in [2.05, 4.69) is 4.98 Å². The molecule has 1 aliphatic rings. The van der Waals surface area contributed by atoms with Crippen LogP contribution in [0.4, 0.5) is 4.39 Å². The lowest BCUT2D eigenvalue weighted by atomic mass is 10.0. The third kappa shape index (κ3) is 3.14. The van der Waals surface area contributed by atoms with Crippen molar-refractivity contribution in [1.82, 2.24) is 9.55 Å². The van der Waals surface area contributed by atoms with Crippen molar-refractivity contribution < 1.29 is 9.48 Å². The van der Waals surface area contributed by atoms with Gasteiger partial charge in [0.25, 0.3) is 0 Å². The van der Waals surface area contributed by atoms with Crippen molar-refractivity contribution in [2.45, 2.75) is 18.9 Å². The van der Waals surface area contributed by atoms with Crippen LogP contribution in [0.3, 0.4) is 0 Å². The van der Waals surface area contributed by atoms with Gasteiger partial charge in [0, 0.05) is 17.5 Å². The Kier molecular flexibility index (Phi) is 4.13.